The summed E-state index contributed by atoms with van der Waals surface area (Å²) in [5.74, 6) is -0.0855. The molecule has 0 spiro atoms. The van der Waals surface area contributed by atoms with Gasteiger partial charge < -0.3 is 15.0 Å². The first-order valence-corrected chi connectivity index (χ1v) is 9.90. The second-order valence-electron chi connectivity index (χ2n) is 8.33. The summed E-state index contributed by atoms with van der Waals surface area (Å²) >= 11 is 0. The number of anilines is 1. The summed E-state index contributed by atoms with van der Waals surface area (Å²) < 4.78 is 5.21. The number of amides is 2. The molecule has 0 radical (unpaired) electrons. The predicted octanol–water partition coefficient (Wildman–Crippen LogP) is 3.44. The van der Waals surface area contributed by atoms with Gasteiger partial charge >= 0.3 is 0 Å². The van der Waals surface area contributed by atoms with Gasteiger partial charge in [0.05, 0.1) is 24.9 Å². The second-order valence-corrected chi connectivity index (χ2v) is 8.33. The van der Waals surface area contributed by atoms with Gasteiger partial charge in [-0.25, -0.2) is 0 Å². The number of para-hydroxylation sites is 1. The SMILES string of the molecule is COc1ccc(CN2C(=O)c3ccccc3N(C)C(=O)/C2=C(/C#N)NC(C)(C)C)cc1. The molecule has 0 atom stereocenters. The zero-order chi connectivity index (χ0) is 22.8. The summed E-state index contributed by atoms with van der Waals surface area (Å²) in [4.78, 5) is 29.9. The van der Waals surface area contributed by atoms with Crippen LogP contribution in [0.5, 0.6) is 5.75 Å². The molecule has 0 fully saturated rings. The molecule has 2 aromatic rings. The molecule has 0 aromatic heterocycles. The normalized spacial score (nSPS) is 15.7. The van der Waals surface area contributed by atoms with Crippen molar-refractivity contribution >= 4 is 17.5 Å². The minimum absolute atomic E-state index is 0.0249. The molecule has 3 rings (SSSR count). The van der Waals surface area contributed by atoms with Gasteiger partial charge in [-0.3, -0.25) is 14.5 Å². The minimum atomic E-state index is -0.481. The van der Waals surface area contributed by atoms with Crippen LogP contribution in [-0.2, 0) is 11.3 Å². The highest BCUT2D eigenvalue weighted by atomic mass is 16.5. The van der Waals surface area contributed by atoms with Crippen LogP contribution in [0.1, 0.15) is 36.7 Å². The molecule has 7 nitrogen and oxygen atoms in total. The fourth-order valence-electron chi connectivity index (χ4n) is 3.40. The zero-order valence-electron chi connectivity index (χ0n) is 18.4. The van der Waals surface area contributed by atoms with E-state index in [1.54, 1.807) is 50.6 Å². The van der Waals surface area contributed by atoms with Gasteiger partial charge in [-0.2, -0.15) is 5.26 Å². The number of carbonyl (C=O) groups is 2. The number of likely N-dealkylation sites (N-methyl/N-ethyl adjacent to an activating group) is 1. The number of fused-ring (bicyclic) bond motifs is 1. The Labute approximate surface area is 182 Å². The summed E-state index contributed by atoms with van der Waals surface area (Å²) in [6.45, 7) is 5.80. The molecular formula is C24H26N4O3. The molecule has 0 saturated carbocycles. The van der Waals surface area contributed by atoms with Crippen molar-refractivity contribution in [1.29, 1.82) is 5.26 Å². The number of methoxy groups -OCH3 is 1. The highest BCUT2D eigenvalue weighted by Gasteiger charge is 2.37. The Bertz CT molecular complexity index is 1080. The molecule has 0 aliphatic carbocycles. The molecule has 160 valence electrons. The van der Waals surface area contributed by atoms with E-state index in [-0.39, 0.29) is 23.8 Å². The first-order chi connectivity index (χ1) is 14.7. The number of nitriles is 1. The summed E-state index contributed by atoms with van der Waals surface area (Å²) in [5, 5.41) is 13.0. The van der Waals surface area contributed by atoms with Crippen LogP contribution in [0.25, 0.3) is 0 Å². The van der Waals surface area contributed by atoms with Crippen molar-refractivity contribution in [2.75, 3.05) is 19.1 Å². The molecule has 0 saturated heterocycles. The van der Waals surface area contributed by atoms with Crippen molar-refractivity contribution in [2.45, 2.75) is 32.9 Å². The predicted molar refractivity (Wildman–Crippen MR) is 118 cm³/mol. The van der Waals surface area contributed by atoms with E-state index in [0.717, 1.165) is 5.56 Å². The van der Waals surface area contributed by atoms with Crippen molar-refractivity contribution in [3.63, 3.8) is 0 Å². The average Bonchev–Trinajstić information content (AvgIpc) is 2.82. The molecule has 1 N–H and O–H groups in total. The van der Waals surface area contributed by atoms with E-state index in [9.17, 15) is 14.9 Å². The number of rotatable bonds is 4. The number of carbonyl (C=O) groups excluding carboxylic acids is 2. The third kappa shape index (κ3) is 4.53. The van der Waals surface area contributed by atoms with Gasteiger partial charge in [0, 0.05) is 12.6 Å². The van der Waals surface area contributed by atoms with Gasteiger partial charge in [0.15, 0.2) is 0 Å². The smallest absolute Gasteiger partial charge is 0.277 e. The highest BCUT2D eigenvalue weighted by molar-refractivity contribution is 6.16. The number of hydrogen-bond donors (Lipinski definition) is 1. The third-order valence-electron chi connectivity index (χ3n) is 4.87. The third-order valence-corrected chi connectivity index (χ3v) is 4.87. The first kappa shape index (κ1) is 21.9. The molecule has 7 heteroatoms. The van der Waals surface area contributed by atoms with Crippen LogP contribution in [0.2, 0.25) is 0 Å². The van der Waals surface area contributed by atoms with Gasteiger partial charge in [0.25, 0.3) is 11.8 Å². The van der Waals surface area contributed by atoms with Crippen molar-refractivity contribution in [3.05, 3.63) is 71.1 Å². The quantitative estimate of drug-likeness (QED) is 0.607. The first-order valence-electron chi connectivity index (χ1n) is 9.90. The second kappa shape index (κ2) is 8.52. The Morgan fingerprint density at radius 1 is 1.06 bits per heavy atom. The summed E-state index contributed by atoms with van der Waals surface area (Å²) in [6, 6.07) is 16.3. The Hall–Kier alpha value is -3.79. The van der Waals surface area contributed by atoms with Crippen LogP contribution in [0.15, 0.2) is 59.9 Å². The van der Waals surface area contributed by atoms with Crippen LogP contribution in [-0.4, -0.2) is 36.4 Å². The molecule has 1 aliphatic heterocycles. The van der Waals surface area contributed by atoms with Gasteiger partial charge in [-0.05, 0) is 50.6 Å². The van der Waals surface area contributed by atoms with E-state index in [1.165, 1.54) is 9.80 Å². The minimum Gasteiger partial charge on any atom is -0.497 e. The number of benzene rings is 2. The van der Waals surface area contributed by atoms with Crippen molar-refractivity contribution in [2.24, 2.45) is 0 Å². The lowest BCUT2D eigenvalue weighted by molar-refractivity contribution is -0.116. The number of ether oxygens (including phenoxy) is 1. The Morgan fingerprint density at radius 2 is 1.71 bits per heavy atom. The van der Waals surface area contributed by atoms with Gasteiger partial charge in [0.2, 0.25) is 0 Å². The van der Waals surface area contributed by atoms with Crippen LogP contribution < -0.4 is 15.0 Å². The molecule has 2 amide bonds. The number of nitrogens with one attached hydrogen (secondary N) is 1. The highest BCUT2D eigenvalue weighted by Crippen LogP contribution is 2.31. The molecule has 1 aliphatic rings. The van der Waals surface area contributed by atoms with E-state index in [2.05, 4.69) is 11.4 Å². The van der Waals surface area contributed by atoms with E-state index in [1.807, 2.05) is 32.9 Å². The van der Waals surface area contributed by atoms with Crippen molar-refractivity contribution < 1.29 is 14.3 Å². The number of hydrogen-bond acceptors (Lipinski definition) is 5. The maximum atomic E-state index is 13.6. The fraction of sp³-hybridized carbons (Fsp3) is 0.292. The van der Waals surface area contributed by atoms with Crippen LogP contribution in [0.4, 0.5) is 5.69 Å². The number of nitrogens with zero attached hydrogens (tertiary/aromatic N) is 3. The maximum Gasteiger partial charge on any atom is 0.277 e. The summed E-state index contributed by atoms with van der Waals surface area (Å²) in [7, 11) is 3.19. The topological polar surface area (TPSA) is 85.7 Å². The molecule has 1 heterocycles. The zero-order valence-corrected chi connectivity index (χ0v) is 18.4. The number of allylic oxidation sites excluding steroid dienone is 1. The lowest BCUT2D eigenvalue weighted by Crippen LogP contribution is -2.42. The lowest BCUT2D eigenvalue weighted by atomic mass is 10.1. The Balaban J connectivity index is 2.20. The van der Waals surface area contributed by atoms with Gasteiger partial charge in [-0.15, -0.1) is 0 Å². The van der Waals surface area contributed by atoms with E-state index >= 15 is 0 Å². The average molecular weight is 418 g/mol. The van der Waals surface area contributed by atoms with E-state index < -0.39 is 11.4 Å². The summed E-state index contributed by atoms with van der Waals surface area (Å²) in [6.07, 6.45) is 0. The van der Waals surface area contributed by atoms with E-state index in [4.69, 9.17) is 4.74 Å². The molecule has 0 bridgehead atoms. The van der Waals surface area contributed by atoms with E-state index in [0.29, 0.717) is 17.0 Å². The molecule has 2 aromatic carbocycles. The Morgan fingerprint density at radius 3 is 2.29 bits per heavy atom. The largest absolute Gasteiger partial charge is 0.497 e. The lowest BCUT2D eigenvalue weighted by Gasteiger charge is -2.28. The monoisotopic (exact) mass is 418 g/mol. The fourth-order valence-corrected chi connectivity index (χ4v) is 3.40. The standard InChI is InChI=1S/C24H26N4O3/c1-24(2,3)26-19(14-25)21-23(30)27(4)20-9-7-6-8-18(20)22(29)28(21)15-16-10-12-17(31-5)13-11-16/h6-13,26H,15H2,1-5H3/b21-19+. The molecule has 31 heavy (non-hydrogen) atoms. The molecular weight excluding hydrogens is 392 g/mol. The van der Waals surface area contributed by atoms with Crippen LogP contribution >= 0.6 is 0 Å². The van der Waals surface area contributed by atoms with Crippen LogP contribution in [0.3, 0.4) is 0 Å². The summed E-state index contributed by atoms with van der Waals surface area (Å²) in [5.41, 5.74) is 1.30. The Kier molecular flexibility index (Phi) is 6.02. The van der Waals surface area contributed by atoms with Gasteiger partial charge in [0.1, 0.15) is 23.2 Å². The van der Waals surface area contributed by atoms with Crippen molar-refractivity contribution in [1.82, 2.24) is 10.2 Å². The maximum absolute atomic E-state index is 13.6. The van der Waals surface area contributed by atoms with Crippen LogP contribution in [0, 0.1) is 11.3 Å². The molecule has 0 unspecified atom stereocenters. The van der Waals surface area contributed by atoms with Crippen molar-refractivity contribution in [3.8, 4) is 11.8 Å². The van der Waals surface area contributed by atoms with Gasteiger partial charge in [-0.1, -0.05) is 24.3 Å².